The lowest BCUT2D eigenvalue weighted by atomic mass is 9.88. The minimum Gasteiger partial charge on any atom is -0.481 e. The third-order valence-electron chi connectivity index (χ3n) is 5.71. The first kappa shape index (κ1) is 20.3. The van der Waals surface area contributed by atoms with E-state index in [2.05, 4.69) is 4.98 Å². The highest BCUT2D eigenvalue weighted by atomic mass is 19.4. The van der Waals surface area contributed by atoms with E-state index < -0.39 is 29.7 Å². The van der Waals surface area contributed by atoms with Crippen LogP contribution in [0.25, 0.3) is 10.8 Å². The highest BCUT2D eigenvalue weighted by Gasteiger charge is 2.38. The quantitative estimate of drug-likeness (QED) is 0.642. The molecule has 1 saturated heterocycles. The number of likely N-dealkylation sites (tertiary alicyclic amines) is 1. The maximum atomic E-state index is 13.8. The number of nitrogens with zero attached hydrogens (tertiary/aromatic N) is 2. The molecular formula is C23H21F3N2O2. The van der Waals surface area contributed by atoms with Crippen molar-refractivity contribution in [1.29, 1.82) is 0 Å². The van der Waals surface area contributed by atoms with Gasteiger partial charge in [-0.15, -0.1) is 0 Å². The molecule has 0 amide bonds. The van der Waals surface area contributed by atoms with Gasteiger partial charge in [-0.1, -0.05) is 30.3 Å². The highest BCUT2D eigenvalue weighted by Crippen LogP contribution is 2.40. The minimum absolute atomic E-state index is 0.143. The molecular weight excluding hydrogens is 393 g/mol. The summed E-state index contributed by atoms with van der Waals surface area (Å²) in [5, 5.41) is 11.3. The SMILES string of the molecule is O=C(O)C1CCCN(C(c2ccc3cnccc3c2)c2ccccc2C(F)(F)F)C1. The molecule has 1 aromatic heterocycles. The number of carboxylic acids is 1. The number of aromatic nitrogens is 1. The summed E-state index contributed by atoms with van der Waals surface area (Å²) in [5.41, 5.74) is 0.156. The van der Waals surface area contributed by atoms with E-state index >= 15 is 0 Å². The van der Waals surface area contributed by atoms with Gasteiger partial charge in [-0.25, -0.2) is 0 Å². The predicted molar refractivity (Wildman–Crippen MR) is 107 cm³/mol. The molecule has 4 rings (SSSR count). The Morgan fingerprint density at radius 1 is 1.13 bits per heavy atom. The normalized spacial score (nSPS) is 19.0. The Morgan fingerprint density at radius 2 is 1.93 bits per heavy atom. The molecule has 2 aromatic carbocycles. The average molecular weight is 414 g/mol. The van der Waals surface area contributed by atoms with Crippen LogP contribution in [0.4, 0.5) is 13.2 Å². The van der Waals surface area contributed by atoms with Crippen LogP contribution in [0.15, 0.2) is 60.9 Å². The van der Waals surface area contributed by atoms with Gasteiger partial charge in [0, 0.05) is 24.3 Å². The Balaban J connectivity index is 1.86. The lowest BCUT2D eigenvalue weighted by Gasteiger charge is -2.38. The summed E-state index contributed by atoms with van der Waals surface area (Å²) in [7, 11) is 0. The third-order valence-corrected chi connectivity index (χ3v) is 5.71. The third kappa shape index (κ3) is 4.03. The first-order valence-electron chi connectivity index (χ1n) is 9.81. The van der Waals surface area contributed by atoms with E-state index in [9.17, 15) is 23.1 Å². The van der Waals surface area contributed by atoms with E-state index in [1.807, 2.05) is 29.2 Å². The number of alkyl halides is 3. The van der Waals surface area contributed by atoms with Gasteiger partial charge in [0.2, 0.25) is 0 Å². The van der Waals surface area contributed by atoms with Crippen molar-refractivity contribution < 1.29 is 23.1 Å². The number of carboxylic acid groups (broad SMARTS) is 1. The molecule has 0 spiro atoms. The molecule has 0 radical (unpaired) electrons. The second-order valence-corrected chi connectivity index (χ2v) is 7.64. The topological polar surface area (TPSA) is 53.4 Å². The Morgan fingerprint density at radius 3 is 2.70 bits per heavy atom. The largest absolute Gasteiger partial charge is 0.481 e. The van der Waals surface area contributed by atoms with E-state index in [4.69, 9.17) is 0 Å². The lowest BCUT2D eigenvalue weighted by molar-refractivity contribution is -0.144. The number of carbonyl (C=O) groups is 1. The summed E-state index contributed by atoms with van der Waals surface area (Å²) < 4.78 is 41.5. The van der Waals surface area contributed by atoms with Crippen LogP contribution >= 0.6 is 0 Å². The van der Waals surface area contributed by atoms with Gasteiger partial charge in [-0.3, -0.25) is 14.7 Å². The number of aliphatic carboxylic acids is 1. The Hall–Kier alpha value is -2.93. The van der Waals surface area contributed by atoms with Crippen LogP contribution in [-0.2, 0) is 11.0 Å². The second kappa shape index (κ2) is 8.07. The molecule has 4 nitrogen and oxygen atoms in total. The summed E-state index contributed by atoms with van der Waals surface area (Å²) in [5.74, 6) is -1.50. The molecule has 1 N–H and O–H groups in total. The fourth-order valence-corrected chi connectivity index (χ4v) is 4.30. The van der Waals surface area contributed by atoms with E-state index in [1.54, 1.807) is 18.5 Å². The molecule has 0 aliphatic carbocycles. The van der Waals surface area contributed by atoms with Crippen molar-refractivity contribution in [2.75, 3.05) is 13.1 Å². The summed E-state index contributed by atoms with van der Waals surface area (Å²) in [4.78, 5) is 17.5. The molecule has 30 heavy (non-hydrogen) atoms. The van der Waals surface area contributed by atoms with Crippen LogP contribution in [0, 0.1) is 5.92 Å². The Labute approximate surface area is 172 Å². The number of halogens is 3. The number of hydrogen-bond donors (Lipinski definition) is 1. The molecule has 1 aliphatic heterocycles. The van der Waals surface area contributed by atoms with Crippen molar-refractivity contribution in [3.05, 3.63) is 77.6 Å². The maximum absolute atomic E-state index is 13.8. The zero-order chi connectivity index (χ0) is 21.3. The fraction of sp³-hybridized carbons (Fsp3) is 0.304. The van der Waals surface area contributed by atoms with Crippen molar-refractivity contribution in [2.45, 2.75) is 25.1 Å². The number of fused-ring (bicyclic) bond motifs is 1. The summed E-state index contributed by atoms with van der Waals surface area (Å²) in [6.07, 6.45) is 0.00484. The number of pyridine rings is 1. The van der Waals surface area contributed by atoms with Crippen LogP contribution in [0.2, 0.25) is 0 Å². The van der Waals surface area contributed by atoms with E-state index in [-0.39, 0.29) is 12.1 Å². The van der Waals surface area contributed by atoms with Crippen molar-refractivity contribution in [2.24, 2.45) is 5.92 Å². The van der Waals surface area contributed by atoms with E-state index in [1.165, 1.54) is 12.1 Å². The average Bonchev–Trinajstić information content (AvgIpc) is 2.74. The lowest BCUT2D eigenvalue weighted by Crippen LogP contribution is -2.41. The number of hydrogen-bond acceptors (Lipinski definition) is 3. The van der Waals surface area contributed by atoms with Crippen LogP contribution < -0.4 is 0 Å². The molecule has 3 aromatic rings. The zero-order valence-corrected chi connectivity index (χ0v) is 16.1. The molecule has 2 unspecified atom stereocenters. The van der Waals surface area contributed by atoms with Crippen LogP contribution in [0.5, 0.6) is 0 Å². The molecule has 2 atom stereocenters. The first-order valence-corrected chi connectivity index (χ1v) is 9.81. The van der Waals surface area contributed by atoms with Gasteiger partial charge in [-0.2, -0.15) is 13.2 Å². The summed E-state index contributed by atoms with van der Waals surface area (Å²) in [6, 6.07) is 12.2. The van der Waals surface area contributed by atoms with Crippen LogP contribution in [-0.4, -0.2) is 34.0 Å². The Bertz CT molecular complexity index is 1070. The molecule has 1 aliphatic rings. The molecule has 2 heterocycles. The monoisotopic (exact) mass is 414 g/mol. The summed E-state index contributed by atoms with van der Waals surface area (Å²) >= 11 is 0. The van der Waals surface area contributed by atoms with Crippen LogP contribution in [0.1, 0.15) is 35.6 Å². The zero-order valence-electron chi connectivity index (χ0n) is 16.1. The molecule has 1 fully saturated rings. The van der Waals surface area contributed by atoms with E-state index in [0.29, 0.717) is 24.9 Å². The van der Waals surface area contributed by atoms with Gasteiger partial charge >= 0.3 is 12.1 Å². The molecule has 7 heteroatoms. The molecule has 156 valence electrons. The molecule has 0 saturated carbocycles. The van der Waals surface area contributed by atoms with Crippen molar-refractivity contribution in [1.82, 2.24) is 9.88 Å². The smallest absolute Gasteiger partial charge is 0.416 e. The van der Waals surface area contributed by atoms with Crippen LogP contribution in [0.3, 0.4) is 0 Å². The van der Waals surface area contributed by atoms with Crippen molar-refractivity contribution in [3.63, 3.8) is 0 Å². The number of rotatable bonds is 4. The number of benzene rings is 2. The minimum atomic E-state index is -4.50. The maximum Gasteiger partial charge on any atom is 0.416 e. The second-order valence-electron chi connectivity index (χ2n) is 7.64. The highest BCUT2D eigenvalue weighted by molar-refractivity contribution is 5.82. The van der Waals surface area contributed by atoms with Gasteiger partial charge < -0.3 is 5.11 Å². The van der Waals surface area contributed by atoms with E-state index in [0.717, 1.165) is 16.8 Å². The van der Waals surface area contributed by atoms with Gasteiger partial charge in [0.15, 0.2) is 0 Å². The first-order chi connectivity index (χ1) is 14.3. The van der Waals surface area contributed by atoms with Gasteiger partial charge in [0.05, 0.1) is 17.5 Å². The number of piperidine rings is 1. The standard InChI is InChI=1S/C23H21F3N2O2/c24-23(25,26)20-6-2-1-5-19(20)21(28-11-3-4-18(14-28)22(29)30)16-7-8-17-13-27-10-9-15(17)12-16/h1-2,5-10,12-13,18,21H,3-4,11,14H2,(H,29,30). The summed E-state index contributed by atoms with van der Waals surface area (Å²) in [6.45, 7) is 0.746. The van der Waals surface area contributed by atoms with Crippen molar-refractivity contribution in [3.8, 4) is 0 Å². The van der Waals surface area contributed by atoms with Crippen molar-refractivity contribution >= 4 is 16.7 Å². The van der Waals surface area contributed by atoms with Gasteiger partial charge in [0.1, 0.15) is 0 Å². The Kier molecular flexibility index (Phi) is 5.47. The predicted octanol–water partition coefficient (Wildman–Crippen LogP) is 5.14. The molecule has 0 bridgehead atoms. The fourth-order valence-electron chi connectivity index (χ4n) is 4.30. The van der Waals surface area contributed by atoms with Gasteiger partial charge in [0.25, 0.3) is 0 Å². The van der Waals surface area contributed by atoms with Gasteiger partial charge in [-0.05, 0) is 54.1 Å².